The maximum Gasteiger partial charge on any atom is 0.307 e. The van der Waals surface area contributed by atoms with Crippen LogP contribution in [0.25, 0.3) is 0 Å². The van der Waals surface area contributed by atoms with Crippen molar-refractivity contribution >= 4 is 29.2 Å². The van der Waals surface area contributed by atoms with Crippen LogP contribution in [-0.4, -0.2) is 17.7 Å². The Balaban J connectivity index is 1.85. The first-order valence-corrected chi connectivity index (χ1v) is 7.17. The van der Waals surface area contributed by atoms with E-state index in [4.69, 9.17) is 33.0 Å². The van der Waals surface area contributed by atoms with E-state index in [1.54, 1.807) is 30.3 Å². The van der Waals surface area contributed by atoms with Crippen LogP contribution in [0.2, 0.25) is 10.0 Å². The molecule has 0 fully saturated rings. The second-order valence-electron chi connectivity index (χ2n) is 4.56. The number of carboxylic acid groups (broad SMARTS) is 1. The van der Waals surface area contributed by atoms with Crippen molar-refractivity contribution < 1.29 is 14.6 Å². The van der Waals surface area contributed by atoms with Gasteiger partial charge >= 0.3 is 5.97 Å². The van der Waals surface area contributed by atoms with Crippen LogP contribution in [0.5, 0.6) is 5.75 Å². The van der Waals surface area contributed by atoms with Crippen LogP contribution in [-0.2, 0) is 17.6 Å². The molecular weight excluding hydrogens is 311 g/mol. The Morgan fingerprint density at radius 2 is 1.67 bits per heavy atom. The predicted molar refractivity (Wildman–Crippen MR) is 83.4 cm³/mol. The van der Waals surface area contributed by atoms with Gasteiger partial charge in [0.05, 0.1) is 23.1 Å². The largest absolute Gasteiger partial charge is 0.493 e. The molecule has 0 saturated heterocycles. The number of carbonyl (C=O) groups is 1. The van der Waals surface area contributed by atoms with Crippen molar-refractivity contribution in [2.45, 2.75) is 12.8 Å². The van der Waals surface area contributed by atoms with Gasteiger partial charge in [0, 0.05) is 6.42 Å². The minimum absolute atomic E-state index is 0.0174. The number of benzene rings is 2. The predicted octanol–water partition coefficient (Wildman–Crippen LogP) is 4.24. The number of hydrogen-bond acceptors (Lipinski definition) is 2. The zero-order valence-electron chi connectivity index (χ0n) is 11.2. The lowest BCUT2D eigenvalue weighted by atomic mass is 10.1. The van der Waals surface area contributed by atoms with E-state index in [-0.39, 0.29) is 6.42 Å². The smallest absolute Gasteiger partial charge is 0.307 e. The maximum absolute atomic E-state index is 10.6. The monoisotopic (exact) mass is 324 g/mol. The molecule has 0 spiro atoms. The van der Waals surface area contributed by atoms with Gasteiger partial charge in [-0.2, -0.15) is 0 Å². The second-order valence-corrected chi connectivity index (χ2v) is 5.38. The normalized spacial score (nSPS) is 10.4. The highest BCUT2D eigenvalue weighted by Crippen LogP contribution is 2.23. The molecule has 110 valence electrons. The molecule has 0 heterocycles. The molecule has 3 nitrogen and oxygen atoms in total. The van der Waals surface area contributed by atoms with Gasteiger partial charge in [0.15, 0.2) is 0 Å². The number of rotatable bonds is 6. The zero-order chi connectivity index (χ0) is 15.2. The van der Waals surface area contributed by atoms with E-state index >= 15 is 0 Å². The van der Waals surface area contributed by atoms with E-state index in [9.17, 15) is 4.79 Å². The van der Waals surface area contributed by atoms with E-state index in [1.807, 2.05) is 12.1 Å². The average molecular weight is 325 g/mol. The van der Waals surface area contributed by atoms with Crippen LogP contribution in [0.4, 0.5) is 0 Å². The molecule has 0 saturated carbocycles. The molecule has 0 aliphatic rings. The van der Waals surface area contributed by atoms with Crippen LogP contribution in [0.1, 0.15) is 11.1 Å². The summed E-state index contributed by atoms with van der Waals surface area (Å²) in [5, 5.41) is 9.77. The lowest BCUT2D eigenvalue weighted by Gasteiger charge is -2.07. The lowest BCUT2D eigenvalue weighted by Crippen LogP contribution is -2.02. The molecule has 2 aromatic rings. The molecule has 5 heteroatoms. The Bertz CT molecular complexity index is 624. The minimum Gasteiger partial charge on any atom is -0.493 e. The molecule has 2 rings (SSSR count). The minimum atomic E-state index is -0.844. The van der Waals surface area contributed by atoms with Crippen LogP contribution >= 0.6 is 23.2 Å². The number of halogens is 2. The summed E-state index contributed by atoms with van der Waals surface area (Å²) in [6.45, 7) is 0.510. The summed E-state index contributed by atoms with van der Waals surface area (Å²) < 4.78 is 5.62. The first kappa shape index (κ1) is 15.7. The van der Waals surface area contributed by atoms with Crippen LogP contribution in [0, 0.1) is 0 Å². The quantitative estimate of drug-likeness (QED) is 0.864. The number of ether oxygens (including phenoxy) is 1. The summed E-state index contributed by atoms with van der Waals surface area (Å²) in [6.07, 6.45) is 0.733. The second kappa shape index (κ2) is 7.34. The van der Waals surface area contributed by atoms with E-state index in [0.29, 0.717) is 28.8 Å². The van der Waals surface area contributed by atoms with Gasteiger partial charge in [0.25, 0.3) is 0 Å². The van der Waals surface area contributed by atoms with E-state index in [2.05, 4.69) is 0 Å². The van der Waals surface area contributed by atoms with Crippen molar-refractivity contribution in [2.75, 3.05) is 6.61 Å². The van der Waals surface area contributed by atoms with Crippen molar-refractivity contribution in [3.8, 4) is 5.75 Å². The Morgan fingerprint density at radius 1 is 1.00 bits per heavy atom. The summed E-state index contributed by atoms with van der Waals surface area (Å²) in [5.74, 6) is -0.132. The van der Waals surface area contributed by atoms with Gasteiger partial charge in [0.1, 0.15) is 5.75 Å². The van der Waals surface area contributed by atoms with Crippen LogP contribution in [0.15, 0.2) is 42.5 Å². The highest BCUT2D eigenvalue weighted by atomic mass is 35.5. The van der Waals surface area contributed by atoms with Gasteiger partial charge in [-0.05, 0) is 35.4 Å². The first-order chi connectivity index (χ1) is 10.0. The molecule has 21 heavy (non-hydrogen) atoms. The number of aliphatic carboxylic acids is 1. The lowest BCUT2D eigenvalue weighted by molar-refractivity contribution is -0.136. The third kappa shape index (κ3) is 4.96. The van der Waals surface area contributed by atoms with Crippen LogP contribution in [0.3, 0.4) is 0 Å². The zero-order valence-corrected chi connectivity index (χ0v) is 12.7. The topological polar surface area (TPSA) is 46.5 Å². The summed E-state index contributed by atoms with van der Waals surface area (Å²) in [7, 11) is 0. The van der Waals surface area contributed by atoms with Crippen molar-refractivity contribution in [3.63, 3.8) is 0 Å². The highest BCUT2D eigenvalue weighted by molar-refractivity contribution is 6.42. The van der Waals surface area contributed by atoms with Crippen molar-refractivity contribution in [1.82, 2.24) is 0 Å². The van der Waals surface area contributed by atoms with Gasteiger partial charge in [-0.1, -0.05) is 41.4 Å². The van der Waals surface area contributed by atoms with E-state index < -0.39 is 5.97 Å². The van der Waals surface area contributed by atoms with Gasteiger partial charge < -0.3 is 9.84 Å². The van der Waals surface area contributed by atoms with Crippen molar-refractivity contribution in [2.24, 2.45) is 0 Å². The molecule has 0 aliphatic heterocycles. The molecule has 0 radical (unpaired) electrons. The Kier molecular flexibility index (Phi) is 5.48. The van der Waals surface area contributed by atoms with Crippen molar-refractivity contribution in [3.05, 3.63) is 63.6 Å². The van der Waals surface area contributed by atoms with E-state index in [0.717, 1.165) is 11.1 Å². The summed E-state index contributed by atoms with van der Waals surface area (Å²) in [4.78, 5) is 10.6. The molecule has 2 aromatic carbocycles. The fourth-order valence-electron chi connectivity index (χ4n) is 1.86. The Morgan fingerprint density at radius 3 is 2.29 bits per heavy atom. The SMILES string of the molecule is O=C(O)Cc1ccc(OCCc2ccc(Cl)c(Cl)c2)cc1. The summed E-state index contributed by atoms with van der Waals surface area (Å²) >= 11 is 11.8. The van der Waals surface area contributed by atoms with E-state index in [1.165, 1.54) is 0 Å². The highest BCUT2D eigenvalue weighted by Gasteiger charge is 2.02. The Hall–Kier alpha value is -1.71. The maximum atomic E-state index is 10.6. The molecule has 0 amide bonds. The molecule has 1 N–H and O–H groups in total. The average Bonchev–Trinajstić information content (AvgIpc) is 2.44. The molecular formula is C16H14Cl2O3. The Labute approximate surface area is 133 Å². The fourth-order valence-corrected chi connectivity index (χ4v) is 2.18. The fraction of sp³-hybridized carbons (Fsp3) is 0.188. The van der Waals surface area contributed by atoms with Gasteiger partial charge in [0.2, 0.25) is 0 Å². The van der Waals surface area contributed by atoms with Gasteiger partial charge in [-0.3, -0.25) is 4.79 Å². The molecule has 0 aliphatic carbocycles. The third-order valence-corrected chi connectivity index (χ3v) is 3.66. The third-order valence-electron chi connectivity index (χ3n) is 2.92. The van der Waals surface area contributed by atoms with Crippen molar-refractivity contribution in [1.29, 1.82) is 0 Å². The summed E-state index contributed by atoms with van der Waals surface area (Å²) in [5.41, 5.74) is 1.80. The summed E-state index contributed by atoms with van der Waals surface area (Å²) in [6, 6.07) is 12.5. The first-order valence-electron chi connectivity index (χ1n) is 6.42. The van der Waals surface area contributed by atoms with Gasteiger partial charge in [-0.15, -0.1) is 0 Å². The standard InChI is InChI=1S/C16H14Cl2O3/c17-14-6-3-12(9-15(14)18)7-8-21-13-4-1-11(2-5-13)10-16(19)20/h1-6,9H,7-8,10H2,(H,19,20). The van der Waals surface area contributed by atoms with Gasteiger partial charge in [-0.25, -0.2) is 0 Å². The molecule has 0 aromatic heterocycles. The molecule has 0 bridgehead atoms. The number of hydrogen-bond donors (Lipinski definition) is 1. The number of carboxylic acids is 1. The molecule has 0 unspecified atom stereocenters. The molecule has 0 atom stereocenters. The van der Waals surface area contributed by atoms with Crippen LogP contribution < -0.4 is 4.74 Å².